The van der Waals surface area contributed by atoms with Crippen LogP contribution in [0, 0.1) is 5.92 Å². The van der Waals surface area contributed by atoms with Gasteiger partial charge in [-0.2, -0.15) is 0 Å². The molecule has 1 N–H and O–H groups in total. The van der Waals surface area contributed by atoms with E-state index in [9.17, 15) is 4.79 Å². The Hall–Kier alpha value is -1.02. The number of hydrogen-bond acceptors (Lipinski definition) is 1. The molecule has 18 heavy (non-hydrogen) atoms. The lowest BCUT2D eigenvalue weighted by molar-refractivity contribution is -0.125. The Labute approximate surface area is 114 Å². The van der Waals surface area contributed by atoms with E-state index in [1.54, 1.807) is 0 Å². The molecule has 1 amide bonds. The van der Waals surface area contributed by atoms with Crippen LogP contribution in [0.4, 0.5) is 0 Å². The molecule has 0 aromatic heterocycles. The average molecular weight is 266 g/mol. The summed E-state index contributed by atoms with van der Waals surface area (Å²) in [4.78, 5) is 12.0. The van der Waals surface area contributed by atoms with Crippen LogP contribution in [0.25, 0.3) is 0 Å². The summed E-state index contributed by atoms with van der Waals surface area (Å²) >= 11 is 6.20. The fourth-order valence-corrected chi connectivity index (χ4v) is 3.16. The second kappa shape index (κ2) is 4.58. The van der Waals surface area contributed by atoms with E-state index in [1.807, 2.05) is 19.1 Å². The summed E-state index contributed by atoms with van der Waals surface area (Å²) in [7, 11) is 0. The first kappa shape index (κ1) is 13.4. The van der Waals surface area contributed by atoms with Gasteiger partial charge in [0, 0.05) is 5.03 Å². The van der Waals surface area contributed by atoms with Gasteiger partial charge in [0.25, 0.3) is 0 Å². The van der Waals surface area contributed by atoms with Gasteiger partial charge in [-0.1, -0.05) is 23.3 Å². The Balaban J connectivity index is 2.63. The molecule has 1 unspecified atom stereocenters. The number of carbonyl (C=O) groups is 1. The summed E-state index contributed by atoms with van der Waals surface area (Å²) in [6, 6.07) is 0. The van der Waals surface area contributed by atoms with Gasteiger partial charge in [0.2, 0.25) is 5.91 Å². The highest BCUT2D eigenvalue weighted by molar-refractivity contribution is 6.31. The number of carbonyl (C=O) groups excluding carboxylic acids is 1. The van der Waals surface area contributed by atoms with Crippen LogP contribution in [0.15, 0.2) is 33.9 Å². The lowest BCUT2D eigenvalue weighted by Crippen LogP contribution is -2.53. The van der Waals surface area contributed by atoms with Crippen LogP contribution in [0.3, 0.4) is 0 Å². The van der Waals surface area contributed by atoms with Crippen molar-refractivity contribution in [1.29, 1.82) is 0 Å². The van der Waals surface area contributed by atoms with Crippen LogP contribution in [0.5, 0.6) is 0 Å². The molecule has 1 saturated heterocycles. The fraction of sp³-hybridized carbons (Fsp3) is 0.533. The molecule has 0 bridgehead atoms. The topological polar surface area (TPSA) is 29.1 Å². The van der Waals surface area contributed by atoms with Crippen molar-refractivity contribution in [2.24, 2.45) is 5.92 Å². The van der Waals surface area contributed by atoms with Crippen molar-refractivity contribution < 1.29 is 4.79 Å². The van der Waals surface area contributed by atoms with Crippen LogP contribution >= 0.6 is 11.6 Å². The van der Waals surface area contributed by atoms with E-state index in [0.717, 1.165) is 23.4 Å². The molecule has 2 aliphatic rings. The summed E-state index contributed by atoms with van der Waals surface area (Å²) in [6.07, 6.45) is 5.94. The summed E-state index contributed by atoms with van der Waals surface area (Å²) in [5.41, 5.74) is 3.36. The van der Waals surface area contributed by atoms with Gasteiger partial charge in [-0.3, -0.25) is 4.79 Å². The molecule has 1 aliphatic carbocycles. The van der Waals surface area contributed by atoms with E-state index in [4.69, 9.17) is 11.6 Å². The molecular weight excluding hydrogens is 246 g/mol. The van der Waals surface area contributed by atoms with Crippen molar-refractivity contribution in [3.63, 3.8) is 0 Å². The zero-order valence-corrected chi connectivity index (χ0v) is 12.2. The van der Waals surface area contributed by atoms with E-state index in [0.29, 0.717) is 0 Å². The van der Waals surface area contributed by atoms with Crippen molar-refractivity contribution in [3.8, 4) is 0 Å². The van der Waals surface area contributed by atoms with Gasteiger partial charge in [0.05, 0.1) is 11.5 Å². The monoisotopic (exact) mass is 265 g/mol. The molecule has 1 fully saturated rings. The first-order chi connectivity index (χ1) is 8.33. The molecule has 2 rings (SSSR count). The number of halogens is 1. The number of hydrogen-bond donors (Lipinski definition) is 1. The minimum atomic E-state index is -0.311. The molecule has 98 valence electrons. The molecule has 0 aromatic carbocycles. The second-order valence-electron chi connectivity index (χ2n) is 5.72. The fourth-order valence-electron chi connectivity index (χ4n) is 2.93. The number of rotatable bonds is 0. The average Bonchev–Trinajstić information content (AvgIpc) is 2.22. The third-order valence-electron chi connectivity index (χ3n) is 3.79. The molecule has 1 aliphatic heterocycles. The SMILES string of the molecule is CC1=C2/C(=C\C(Cl)=C/CC1)C(C)C(=O)NC2(C)C. The summed E-state index contributed by atoms with van der Waals surface area (Å²) in [5.74, 6) is -0.0592. The third kappa shape index (κ3) is 2.26. The standard InChI is InChI=1S/C15H20ClNO/c1-9-6-5-7-11(16)8-12-10(2)14(18)17-15(3,4)13(9)12/h7-8,10H,5-6H2,1-4H3,(H,17,18)/b11-7+,12-8-,13-9?. The molecule has 3 heteroatoms. The zero-order chi connectivity index (χ0) is 13.5. The third-order valence-corrected chi connectivity index (χ3v) is 4.05. The molecule has 0 saturated carbocycles. The molecule has 0 aromatic rings. The minimum Gasteiger partial charge on any atom is -0.347 e. The predicted molar refractivity (Wildman–Crippen MR) is 75.3 cm³/mol. The van der Waals surface area contributed by atoms with Crippen molar-refractivity contribution in [2.45, 2.75) is 46.1 Å². The van der Waals surface area contributed by atoms with Gasteiger partial charge in [-0.15, -0.1) is 0 Å². The predicted octanol–water partition coefficient (Wildman–Crippen LogP) is 3.69. The maximum absolute atomic E-state index is 12.0. The number of fused-ring (bicyclic) bond motifs is 1. The number of allylic oxidation sites excluding steroid dienone is 4. The van der Waals surface area contributed by atoms with Crippen molar-refractivity contribution in [2.75, 3.05) is 0 Å². The Kier molecular flexibility index (Phi) is 3.41. The Morgan fingerprint density at radius 2 is 2.11 bits per heavy atom. The summed E-state index contributed by atoms with van der Waals surface area (Å²) in [6.45, 7) is 8.21. The minimum absolute atomic E-state index is 0.0767. The Bertz CT molecular complexity index is 483. The maximum atomic E-state index is 12.0. The first-order valence-corrected chi connectivity index (χ1v) is 6.80. The smallest absolute Gasteiger partial charge is 0.227 e. The zero-order valence-electron chi connectivity index (χ0n) is 11.4. The maximum Gasteiger partial charge on any atom is 0.227 e. The van der Waals surface area contributed by atoms with Crippen LogP contribution in [-0.2, 0) is 4.79 Å². The van der Waals surface area contributed by atoms with Crippen LogP contribution in [0.2, 0.25) is 0 Å². The highest BCUT2D eigenvalue weighted by atomic mass is 35.5. The number of amides is 1. The number of nitrogens with one attached hydrogen (secondary N) is 1. The van der Waals surface area contributed by atoms with Gasteiger partial charge in [-0.05, 0) is 57.8 Å². The largest absolute Gasteiger partial charge is 0.347 e. The lowest BCUT2D eigenvalue weighted by atomic mass is 9.74. The van der Waals surface area contributed by atoms with Crippen molar-refractivity contribution >= 4 is 17.5 Å². The van der Waals surface area contributed by atoms with E-state index >= 15 is 0 Å². The second-order valence-corrected chi connectivity index (χ2v) is 6.16. The van der Waals surface area contributed by atoms with Gasteiger partial charge >= 0.3 is 0 Å². The van der Waals surface area contributed by atoms with E-state index in [2.05, 4.69) is 26.1 Å². The molecule has 1 atom stereocenters. The molecule has 2 nitrogen and oxygen atoms in total. The molecule has 0 spiro atoms. The van der Waals surface area contributed by atoms with Crippen LogP contribution < -0.4 is 5.32 Å². The van der Waals surface area contributed by atoms with E-state index < -0.39 is 0 Å². The number of piperidine rings is 1. The van der Waals surface area contributed by atoms with Gasteiger partial charge in [0.15, 0.2) is 0 Å². The van der Waals surface area contributed by atoms with Gasteiger partial charge < -0.3 is 5.32 Å². The summed E-state index contributed by atoms with van der Waals surface area (Å²) < 4.78 is 0. The quantitative estimate of drug-likeness (QED) is 0.711. The van der Waals surface area contributed by atoms with E-state index in [1.165, 1.54) is 11.1 Å². The highest BCUT2D eigenvalue weighted by Gasteiger charge is 2.39. The normalized spacial score (nSPS) is 33.4. The van der Waals surface area contributed by atoms with Crippen molar-refractivity contribution in [3.05, 3.63) is 33.9 Å². The summed E-state index contributed by atoms with van der Waals surface area (Å²) in [5, 5.41) is 3.84. The van der Waals surface area contributed by atoms with Gasteiger partial charge in [-0.25, -0.2) is 0 Å². The Morgan fingerprint density at radius 3 is 2.78 bits per heavy atom. The molecule has 1 heterocycles. The van der Waals surface area contributed by atoms with Crippen molar-refractivity contribution in [1.82, 2.24) is 5.32 Å². The Morgan fingerprint density at radius 1 is 1.44 bits per heavy atom. The van der Waals surface area contributed by atoms with E-state index in [-0.39, 0.29) is 17.4 Å². The van der Waals surface area contributed by atoms with Crippen LogP contribution in [-0.4, -0.2) is 11.4 Å². The first-order valence-electron chi connectivity index (χ1n) is 6.43. The van der Waals surface area contributed by atoms with Crippen LogP contribution in [0.1, 0.15) is 40.5 Å². The van der Waals surface area contributed by atoms with Gasteiger partial charge in [0.1, 0.15) is 0 Å². The lowest BCUT2D eigenvalue weighted by Gasteiger charge is -2.40. The highest BCUT2D eigenvalue weighted by Crippen LogP contribution is 2.39. The molecular formula is C15H20ClNO. The molecule has 0 radical (unpaired) electrons.